The number of hydrogen-bond donors (Lipinski definition) is 0. The number of rotatable bonds is 4. The molecule has 0 fully saturated rings. The van der Waals surface area contributed by atoms with Crippen LogP contribution in [0.3, 0.4) is 0 Å². The average Bonchev–Trinajstić information content (AvgIpc) is 3.58. The topological polar surface area (TPSA) is 0 Å². The van der Waals surface area contributed by atoms with E-state index in [9.17, 15) is 0 Å². The van der Waals surface area contributed by atoms with Crippen molar-refractivity contribution in [2.75, 3.05) is 0 Å². The molecule has 2 unspecified atom stereocenters. The van der Waals surface area contributed by atoms with Gasteiger partial charge in [-0.05, 0) is 0 Å². The molecule has 0 heterocycles. The van der Waals surface area contributed by atoms with Crippen LogP contribution in [0.25, 0.3) is 45.2 Å². The Bertz CT molecular complexity index is 1790. The third-order valence-electron chi connectivity index (χ3n) is 8.27. The molecule has 0 nitrogen and oxygen atoms in total. The van der Waals surface area contributed by atoms with E-state index in [1.54, 1.807) is 11.1 Å². The van der Waals surface area contributed by atoms with Gasteiger partial charge in [0.25, 0.3) is 0 Å². The van der Waals surface area contributed by atoms with Crippen LogP contribution < -0.4 is 24.8 Å². The normalized spacial score (nSPS) is 15.9. The molecular weight excluding hydrogens is 623 g/mol. The summed E-state index contributed by atoms with van der Waals surface area (Å²) in [5.41, 5.74) is 11.1. The van der Waals surface area contributed by atoms with Crippen LogP contribution in [0.15, 0.2) is 121 Å². The summed E-state index contributed by atoms with van der Waals surface area (Å²) in [6.07, 6.45) is 10.1. The third kappa shape index (κ3) is 4.94. The largest absolute Gasteiger partial charge is 1.00 e. The molecule has 0 aliphatic heterocycles. The molecule has 0 spiro atoms. The number of hydrogen-bond acceptors (Lipinski definition) is 0. The number of halogens is 2. The summed E-state index contributed by atoms with van der Waals surface area (Å²) in [4.78, 5) is 0. The average molecular weight is 653 g/mol. The summed E-state index contributed by atoms with van der Waals surface area (Å²) in [5.74, 6) is 0. The Morgan fingerprint density at radius 2 is 1.05 bits per heavy atom. The van der Waals surface area contributed by atoms with Crippen LogP contribution >= 0.6 is 0 Å². The van der Waals surface area contributed by atoms with Crippen LogP contribution in [0, 0.1) is 0 Å². The molecule has 0 saturated carbocycles. The van der Waals surface area contributed by atoms with Gasteiger partial charge in [0.2, 0.25) is 0 Å². The van der Waals surface area contributed by atoms with Gasteiger partial charge in [0.05, 0.1) is 0 Å². The first kappa shape index (κ1) is 29.0. The molecule has 40 heavy (non-hydrogen) atoms. The molecule has 0 saturated heterocycles. The van der Waals surface area contributed by atoms with Crippen LogP contribution in [0.1, 0.15) is 29.5 Å². The number of benzene rings is 5. The van der Waals surface area contributed by atoms with Crippen LogP contribution in [-0.2, 0) is 20.4 Å². The molecule has 2 atom stereocenters. The quantitative estimate of drug-likeness (QED) is 0.259. The van der Waals surface area contributed by atoms with Gasteiger partial charge in [-0.25, -0.2) is 0 Å². The van der Waals surface area contributed by atoms with E-state index < -0.39 is 25.8 Å². The standard InChI is InChI=1S/C19H13.C15H11.C2H6Si.2ClH.Zr/c1-2-10-16-14(6-1)8-4-12-18(16)19-13-5-9-15-7-3-11-17(15)19;1-2-6-12(7-3-1)14-10-4-8-13-9-5-11-15(13)14;1-3-2;;;/h1-13H;1-11H;1-2H3;2*1H;/q;;;;;+2/p-2. The first-order valence-corrected chi connectivity index (χ1v) is 22.6. The molecule has 2 aliphatic rings. The van der Waals surface area contributed by atoms with Gasteiger partial charge in [0.15, 0.2) is 0 Å². The van der Waals surface area contributed by atoms with Crippen molar-refractivity contribution in [2.45, 2.75) is 20.3 Å². The molecule has 0 radical (unpaired) electrons. The van der Waals surface area contributed by atoms with Crippen molar-refractivity contribution in [3.05, 3.63) is 144 Å². The Balaban J connectivity index is 0.00000161. The van der Waals surface area contributed by atoms with E-state index in [2.05, 4.69) is 147 Å². The Kier molecular flexibility index (Phi) is 8.83. The number of fused-ring (bicyclic) bond motifs is 3. The van der Waals surface area contributed by atoms with Gasteiger partial charge < -0.3 is 24.8 Å². The molecule has 0 aromatic heterocycles. The fourth-order valence-electron chi connectivity index (χ4n) is 6.60. The Morgan fingerprint density at radius 3 is 1.73 bits per heavy atom. The van der Waals surface area contributed by atoms with Gasteiger partial charge in [0.1, 0.15) is 0 Å². The van der Waals surface area contributed by atoms with Gasteiger partial charge in [-0.3, -0.25) is 0 Å². The SMILES string of the molecule is C[Si](C)=[Zr+2]([CH]1C=Cc2c(-c3ccccc3)cccc21)[CH]1C=Cc2c(-c3cccc4ccccc34)cccc21.[Cl-].[Cl-]. The van der Waals surface area contributed by atoms with Gasteiger partial charge in [-0.15, -0.1) is 0 Å². The monoisotopic (exact) mass is 650 g/mol. The van der Waals surface area contributed by atoms with Crippen LogP contribution in [0.4, 0.5) is 0 Å². The zero-order valence-electron chi connectivity index (χ0n) is 22.6. The summed E-state index contributed by atoms with van der Waals surface area (Å²) in [6.45, 7) is 5.18. The summed E-state index contributed by atoms with van der Waals surface area (Å²) in [7, 11) is 0. The van der Waals surface area contributed by atoms with E-state index in [1.807, 2.05) is 0 Å². The maximum atomic E-state index is 2.60. The zero-order valence-corrected chi connectivity index (χ0v) is 27.6. The molecule has 0 N–H and O–H groups in total. The van der Waals surface area contributed by atoms with E-state index in [0.717, 1.165) is 0 Å². The first-order valence-electron chi connectivity index (χ1n) is 13.5. The fourth-order valence-corrected chi connectivity index (χ4v) is 25.3. The minimum atomic E-state index is -1.99. The van der Waals surface area contributed by atoms with Crippen molar-refractivity contribution >= 4 is 28.4 Å². The Hall–Kier alpha value is -2.48. The van der Waals surface area contributed by atoms with Crippen LogP contribution in [0.2, 0.25) is 13.1 Å². The molecule has 5 aromatic carbocycles. The van der Waals surface area contributed by atoms with Crippen molar-refractivity contribution in [2.24, 2.45) is 0 Å². The minimum absolute atomic E-state index is 0. The van der Waals surface area contributed by atoms with Crippen molar-refractivity contribution < 1.29 is 45.2 Å². The second-order valence-electron chi connectivity index (χ2n) is 10.6. The first-order chi connectivity index (χ1) is 18.7. The fraction of sp³-hybridized carbons (Fsp3) is 0.111. The van der Waals surface area contributed by atoms with E-state index in [-0.39, 0.29) is 24.8 Å². The molecule has 0 amide bonds. The van der Waals surface area contributed by atoms with Gasteiger partial charge in [0, 0.05) is 0 Å². The maximum Gasteiger partial charge on any atom is -1.00 e. The predicted octanol–water partition coefficient (Wildman–Crippen LogP) is 3.89. The Morgan fingerprint density at radius 1 is 0.525 bits per heavy atom. The zero-order chi connectivity index (χ0) is 25.6. The van der Waals surface area contributed by atoms with Crippen LogP contribution in [-0.4, -0.2) is 5.43 Å². The predicted molar refractivity (Wildman–Crippen MR) is 162 cm³/mol. The summed E-state index contributed by atoms with van der Waals surface area (Å²) in [6, 6.07) is 40.5. The second-order valence-corrected chi connectivity index (χ2v) is 28.7. The molecule has 5 aromatic rings. The summed E-state index contributed by atoms with van der Waals surface area (Å²) >= 11 is -1.99. The van der Waals surface area contributed by atoms with E-state index in [4.69, 9.17) is 0 Å². The van der Waals surface area contributed by atoms with Gasteiger partial charge in [-0.1, -0.05) is 0 Å². The molecule has 2 aliphatic carbocycles. The van der Waals surface area contributed by atoms with Crippen LogP contribution in [0.5, 0.6) is 0 Å². The van der Waals surface area contributed by atoms with E-state index in [0.29, 0.717) is 7.25 Å². The van der Waals surface area contributed by atoms with Gasteiger partial charge >= 0.3 is 235 Å². The van der Waals surface area contributed by atoms with Crippen molar-refractivity contribution in [1.29, 1.82) is 0 Å². The smallest absolute Gasteiger partial charge is 1.00 e. The second kappa shape index (κ2) is 12.2. The van der Waals surface area contributed by atoms with Gasteiger partial charge in [-0.2, -0.15) is 0 Å². The van der Waals surface area contributed by atoms with Crippen molar-refractivity contribution in [3.63, 3.8) is 0 Å². The third-order valence-corrected chi connectivity index (χ3v) is 27.4. The Labute approximate surface area is 257 Å². The summed E-state index contributed by atoms with van der Waals surface area (Å²) < 4.78 is 1.27. The van der Waals surface area contributed by atoms with Crippen molar-refractivity contribution in [3.8, 4) is 22.3 Å². The molecule has 196 valence electrons. The minimum Gasteiger partial charge on any atom is -1.00 e. The number of allylic oxidation sites excluding steroid dienone is 2. The van der Waals surface area contributed by atoms with E-state index in [1.165, 1.54) is 44.2 Å². The molecule has 0 bridgehead atoms. The van der Waals surface area contributed by atoms with Crippen molar-refractivity contribution in [1.82, 2.24) is 0 Å². The van der Waals surface area contributed by atoms with E-state index >= 15 is 0 Å². The molecule has 4 heteroatoms. The summed E-state index contributed by atoms with van der Waals surface area (Å²) in [5, 5.41) is 2.66. The molecule has 7 rings (SSSR count). The molecular formula is C36H30Cl2SiZr. The maximum absolute atomic E-state index is 2.60.